The summed E-state index contributed by atoms with van der Waals surface area (Å²) in [6.45, 7) is 16.5. The van der Waals surface area contributed by atoms with Crippen molar-refractivity contribution in [2.45, 2.75) is 156 Å². The molecule has 2 aromatic carbocycles. The van der Waals surface area contributed by atoms with Crippen molar-refractivity contribution >= 4 is 0 Å². The first-order valence-corrected chi connectivity index (χ1v) is 19.5. The van der Waals surface area contributed by atoms with Gasteiger partial charge in [-0.3, -0.25) is 9.80 Å². The third-order valence-electron chi connectivity index (χ3n) is 9.08. The molecule has 2 rings (SSSR count). The molecule has 262 valence electrons. The molecule has 2 aromatic rings. The first kappa shape index (κ1) is 40.5. The van der Waals surface area contributed by atoms with Gasteiger partial charge in [0.15, 0.2) is 0 Å². The molecule has 0 unspecified atom stereocenters. The third-order valence-corrected chi connectivity index (χ3v) is 9.08. The summed E-state index contributed by atoms with van der Waals surface area (Å²) in [6, 6.07) is 17.8. The Bertz CT molecular complexity index is 887. The molecule has 0 aliphatic heterocycles. The third kappa shape index (κ3) is 19.8. The molecule has 0 atom stereocenters. The maximum absolute atomic E-state index is 6.30. The Labute approximate surface area is 285 Å². The van der Waals surface area contributed by atoms with E-state index in [0.717, 1.165) is 39.6 Å². The maximum Gasteiger partial charge on any atom is 0.0994 e. The number of ether oxygens (including phenoxy) is 2. The normalized spacial score (nSPS) is 11.7. The predicted molar refractivity (Wildman–Crippen MR) is 200 cm³/mol. The van der Waals surface area contributed by atoms with E-state index in [1.807, 2.05) is 0 Å². The largest absolute Gasteiger partial charge is 0.361 e. The van der Waals surface area contributed by atoms with E-state index >= 15 is 0 Å². The molecule has 0 radical (unpaired) electrons. The minimum absolute atomic E-state index is 0.657. The van der Waals surface area contributed by atoms with Crippen LogP contribution >= 0.6 is 0 Å². The molecule has 0 aliphatic carbocycles. The van der Waals surface area contributed by atoms with Gasteiger partial charge in [-0.25, -0.2) is 0 Å². The molecule has 0 saturated heterocycles. The van der Waals surface area contributed by atoms with Crippen LogP contribution in [0.1, 0.15) is 154 Å². The highest BCUT2D eigenvalue weighted by Crippen LogP contribution is 2.23. The van der Waals surface area contributed by atoms with Crippen molar-refractivity contribution in [2.75, 3.05) is 39.6 Å². The molecular weight excluding hydrogens is 564 g/mol. The van der Waals surface area contributed by atoms with E-state index in [-0.39, 0.29) is 0 Å². The molecule has 4 nitrogen and oxygen atoms in total. The highest BCUT2D eigenvalue weighted by atomic mass is 16.5. The van der Waals surface area contributed by atoms with E-state index in [2.05, 4.69) is 86.0 Å². The maximum atomic E-state index is 6.30. The zero-order valence-electron chi connectivity index (χ0n) is 30.7. The number of hydrogen-bond acceptors (Lipinski definition) is 4. The van der Waals surface area contributed by atoms with Crippen LogP contribution in [-0.4, -0.2) is 49.4 Å². The predicted octanol–water partition coefficient (Wildman–Crippen LogP) is 12.0. The Hall–Kier alpha value is -1.72. The molecule has 0 spiro atoms. The molecule has 0 bridgehead atoms. The van der Waals surface area contributed by atoms with Crippen molar-refractivity contribution in [3.05, 3.63) is 59.7 Å². The lowest BCUT2D eigenvalue weighted by molar-refractivity contribution is 0.0168. The minimum atomic E-state index is 0.657. The summed E-state index contributed by atoms with van der Waals surface area (Å²) in [7, 11) is 0. The smallest absolute Gasteiger partial charge is 0.0994 e. The Morgan fingerprint density at radius 3 is 1.09 bits per heavy atom. The van der Waals surface area contributed by atoms with Crippen molar-refractivity contribution in [1.29, 1.82) is 0 Å². The summed E-state index contributed by atoms with van der Waals surface area (Å²) < 4.78 is 12.6. The molecule has 0 amide bonds. The highest BCUT2D eigenvalue weighted by molar-refractivity contribution is 5.64. The zero-order chi connectivity index (χ0) is 32.9. The second-order valence-corrected chi connectivity index (χ2v) is 13.5. The van der Waals surface area contributed by atoms with Crippen LogP contribution in [-0.2, 0) is 22.7 Å². The number of rotatable bonds is 31. The van der Waals surface area contributed by atoms with E-state index in [9.17, 15) is 0 Å². The van der Waals surface area contributed by atoms with Crippen LogP contribution in [0.15, 0.2) is 48.5 Å². The molecule has 4 heteroatoms. The van der Waals surface area contributed by atoms with Crippen LogP contribution < -0.4 is 0 Å². The number of benzene rings is 2. The van der Waals surface area contributed by atoms with Gasteiger partial charge in [-0.2, -0.15) is 0 Å². The highest BCUT2D eigenvalue weighted by Gasteiger charge is 2.08. The fourth-order valence-electron chi connectivity index (χ4n) is 6.15. The minimum Gasteiger partial charge on any atom is -0.361 e. The van der Waals surface area contributed by atoms with Gasteiger partial charge < -0.3 is 9.47 Å². The average molecular weight is 637 g/mol. The SMILES string of the molecule is CCCCCCCN(CCCCCC)COCc1cccc(-c2cccc(COCN(CCCCCC)CCCCCCC)c2)c1. The lowest BCUT2D eigenvalue weighted by Gasteiger charge is -2.22. The van der Waals surface area contributed by atoms with Crippen LogP contribution in [0.25, 0.3) is 11.1 Å². The van der Waals surface area contributed by atoms with Crippen LogP contribution in [0.2, 0.25) is 0 Å². The molecule has 0 aliphatic rings. The monoisotopic (exact) mass is 637 g/mol. The van der Waals surface area contributed by atoms with Gasteiger partial charge in [0, 0.05) is 26.2 Å². The van der Waals surface area contributed by atoms with Gasteiger partial charge in [0.05, 0.1) is 26.7 Å². The van der Waals surface area contributed by atoms with Crippen LogP contribution in [0.5, 0.6) is 0 Å². The van der Waals surface area contributed by atoms with Gasteiger partial charge in [-0.05, 0) is 60.1 Å². The Balaban J connectivity index is 1.87. The quantitative estimate of drug-likeness (QED) is 0.0607. The second kappa shape index (κ2) is 28.3. The molecular formula is C42H72N2O2. The van der Waals surface area contributed by atoms with E-state index in [0.29, 0.717) is 13.2 Å². The zero-order valence-corrected chi connectivity index (χ0v) is 30.7. The lowest BCUT2D eigenvalue weighted by Crippen LogP contribution is -2.28. The van der Waals surface area contributed by atoms with E-state index < -0.39 is 0 Å². The van der Waals surface area contributed by atoms with E-state index in [1.165, 1.54) is 138 Å². The summed E-state index contributed by atoms with van der Waals surface area (Å²) in [4.78, 5) is 5.07. The van der Waals surface area contributed by atoms with E-state index in [4.69, 9.17) is 9.47 Å². The molecule has 0 heterocycles. The summed E-state index contributed by atoms with van der Waals surface area (Å²) >= 11 is 0. The van der Waals surface area contributed by atoms with Crippen molar-refractivity contribution in [2.24, 2.45) is 0 Å². The summed E-state index contributed by atoms with van der Waals surface area (Å²) in [5, 5.41) is 0. The van der Waals surface area contributed by atoms with Gasteiger partial charge >= 0.3 is 0 Å². The average Bonchev–Trinajstić information content (AvgIpc) is 3.08. The van der Waals surface area contributed by atoms with Gasteiger partial charge in [0.2, 0.25) is 0 Å². The number of nitrogens with zero attached hydrogens (tertiary/aromatic N) is 2. The first-order valence-electron chi connectivity index (χ1n) is 19.5. The van der Waals surface area contributed by atoms with Gasteiger partial charge in [-0.1, -0.05) is 154 Å². The van der Waals surface area contributed by atoms with Crippen LogP contribution in [0.3, 0.4) is 0 Å². The summed E-state index contributed by atoms with van der Waals surface area (Å²) in [5.74, 6) is 0. The molecule has 0 saturated carbocycles. The Kier molecular flexibility index (Phi) is 24.9. The summed E-state index contributed by atoms with van der Waals surface area (Å²) in [5.41, 5.74) is 4.98. The Morgan fingerprint density at radius 2 is 0.739 bits per heavy atom. The van der Waals surface area contributed by atoms with Crippen LogP contribution in [0, 0.1) is 0 Å². The first-order chi connectivity index (χ1) is 22.7. The number of unbranched alkanes of at least 4 members (excludes halogenated alkanes) is 14. The standard InChI is InChI=1S/C42H72N2O2/c1-5-9-13-17-21-31-43(29-19-15-11-7-3)37-45-35-39-25-23-27-41(33-39)42-28-24-26-40(34-42)36-46-38-44(30-20-16-12-8-4)32-22-18-14-10-6-2/h23-28,33-34H,5-22,29-32,35-38H2,1-4H3. The lowest BCUT2D eigenvalue weighted by atomic mass is 10.0. The van der Waals surface area contributed by atoms with Crippen molar-refractivity contribution in [3.63, 3.8) is 0 Å². The fraction of sp³-hybridized carbons (Fsp3) is 0.714. The molecule has 46 heavy (non-hydrogen) atoms. The number of hydrogen-bond donors (Lipinski definition) is 0. The van der Waals surface area contributed by atoms with Crippen molar-refractivity contribution in [3.8, 4) is 11.1 Å². The van der Waals surface area contributed by atoms with Gasteiger partial charge in [0.25, 0.3) is 0 Å². The van der Waals surface area contributed by atoms with Gasteiger partial charge in [-0.15, -0.1) is 0 Å². The van der Waals surface area contributed by atoms with E-state index in [1.54, 1.807) is 0 Å². The topological polar surface area (TPSA) is 24.9 Å². The molecule has 0 aromatic heterocycles. The van der Waals surface area contributed by atoms with Crippen LogP contribution in [0.4, 0.5) is 0 Å². The fourth-order valence-corrected chi connectivity index (χ4v) is 6.15. The second-order valence-electron chi connectivity index (χ2n) is 13.5. The molecule has 0 N–H and O–H groups in total. The summed E-state index contributed by atoms with van der Waals surface area (Å²) in [6.07, 6.45) is 23.7. The van der Waals surface area contributed by atoms with Crippen molar-refractivity contribution < 1.29 is 9.47 Å². The molecule has 0 fully saturated rings. The van der Waals surface area contributed by atoms with Crippen molar-refractivity contribution in [1.82, 2.24) is 9.80 Å². The Morgan fingerprint density at radius 1 is 0.413 bits per heavy atom. The van der Waals surface area contributed by atoms with Gasteiger partial charge in [0.1, 0.15) is 0 Å².